The molecule has 1 aromatic heterocycles. The quantitative estimate of drug-likeness (QED) is 0.643. The SMILES string of the molecule is CCc1oc(C(=O)NCCCN(C)S(=O)(=O)CC)cc1C(=O)O. The van der Waals surface area contributed by atoms with E-state index in [0.717, 1.165) is 0 Å². The van der Waals surface area contributed by atoms with Crippen molar-refractivity contribution in [3.05, 3.63) is 23.2 Å². The van der Waals surface area contributed by atoms with Gasteiger partial charge in [0.2, 0.25) is 10.0 Å². The lowest BCUT2D eigenvalue weighted by atomic mass is 10.2. The molecule has 0 spiro atoms. The summed E-state index contributed by atoms with van der Waals surface area (Å²) in [5.74, 6) is -1.45. The molecule has 0 aliphatic heterocycles. The first-order valence-electron chi connectivity index (χ1n) is 7.31. The van der Waals surface area contributed by atoms with Crippen LogP contribution < -0.4 is 5.32 Å². The zero-order chi connectivity index (χ0) is 17.6. The first-order chi connectivity index (χ1) is 10.7. The molecular formula is C14H22N2O6S. The van der Waals surface area contributed by atoms with Crippen LogP contribution in [0.25, 0.3) is 0 Å². The van der Waals surface area contributed by atoms with E-state index in [-0.39, 0.29) is 35.9 Å². The van der Waals surface area contributed by atoms with Crippen molar-refractivity contribution in [3.63, 3.8) is 0 Å². The van der Waals surface area contributed by atoms with Crippen molar-refractivity contribution >= 4 is 21.9 Å². The Morgan fingerprint density at radius 3 is 2.48 bits per heavy atom. The zero-order valence-corrected chi connectivity index (χ0v) is 14.3. The predicted molar refractivity (Wildman–Crippen MR) is 84.1 cm³/mol. The van der Waals surface area contributed by atoms with E-state index in [2.05, 4.69) is 5.32 Å². The fourth-order valence-corrected chi connectivity index (χ4v) is 2.78. The normalized spacial score (nSPS) is 11.7. The second kappa shape index (κ2) is 8.11. The molecule has 130 valence electrons. The van der Waals surface area contributed by atoms with Crippen LogP contribution in [0, 0.1) is 0 Å². The van der Waals surface area contributed by atoms with Gasteiger partial charge < -0.3 is 14.8 Å². The van der Waals surface area contributed by atoms with Gasteiger partial charge in [0.05, 0.1) is 5.75 Å². The Balaban J connectivity index is 2.54. The summed E-state index contributed by atoms with van der Waals surface area (Å²) in [4.78, 5) is 22.9. The minimum atomic E-state index is -3.23. The van der Waals surface area contributed by atoms with Crippen molar-refractivity contribution in [2.45, 2.75) is 26.7 Å². The van der Waals surface area contributed by atoms with E-state index in [4.69, 9.17) is 9.52 Å². The van der Waals surface area contributed by atoms with Gasteiger partial charge >= 0.3 is 5.97 Å². The summed E-state index contributed by atoms with van der Waals surface area (Å²) in [5, 5.41) is 11.6. The lowest BCUT2D eigenvalue weighted by Gasteiger charge is -2.15. The number of hydrogen-bond donors (Lipinski definition) is 2. The molecule has 0 aromatic carbocycles. The Morgan fingerprint density at radius 2 is 2.00 bits per heavy atom. The van der Waals surface area contributed by atoms with Gasteiger partial charge in [-0.2, -0.15) is 0 Å². The van der Waals surface area contributed by atoms with Gasteiger partial charge in [0.25, 0.3) is 5.91 Å². The van der Waals surface area contributed by atoms with E-state index >= 15 is 0 Å². The van der Waals surface area contributed by atoms with Crippen LogP contribution in [0.4, 0.5) is 0 Å². The summed E-state index contributed by atoms with van der Waals surface area (Å²) >= 11 is 0. The van der Waals surface area contributed by atoms with Crippen molar-refractivity contribution < 1.29 is 27.5 Å². The molecule has 1 heterocycles. The van der Waals surface area contributed by atoms with E-state index in [1.807, 2.05) is 0 Å². The summed E-state index contributed by atoms with van der Waals surface area (Å²) < 4.78 is 29.6. The number of aromatic carboxylic acids is 1. The molecule has 1 rings (SSSR count). The monoisotopic (exact) mass is 346 g/mol. The molecule has 0 saturated carbocycles. The first-order valence-corrected chi connectivity index (χ1v) is 8.92. The maximum absolute atomic E-state index is 11.9. The zero-order valence-electron chi connectivity index (χ0n) is 13.5. The van der Waals surface area contributed by atoms with Gasteiger partial charge in [0.15, 0.2) is 5.76 Å². The molecule has 0 fully saturated rings. The summed E-state index contributed by atoms with van der Waals surface area (Å²) in [7, 11) is -1.74. The summed E-state index contributed by atoms with van der Waals surface area (Å²) in [5.41, 5.74) is -0.0218. The van der Waals surface area contributed by atoms with E-state index in [1.165, 1.54) is 17.4 Å². The number of amides is 1. The third-order valence-electron chi connectivity index (χ3n) is 3.36. The molecule has 0 aliphatic rings. The lowest BCUT2D eigenvalue weighted by Crippen LogP contribution is -2.32. The number of carbonyl (C=O) groups is 2. The maximum atomic E-state index is 11.9. The number of furan rings is 1. The number of aryl methyl sites for hydroxylation is 1. The van der Waals surface area contributed by atoms with Gasteiger partial charge in [-0.25, -0.2) is 17.5 Å². The molecule has 2 N–H and O–H groups in total. The number of nitrogens with zero attached hydrogens (tertiary/aromatic N) is 1. The van der Waals surface area contributed by atoms with E-state index < -0.39 is 21.9 Å². The highest BCUT2D eigenvalue weighted by atomic mass is 32.2. The molecule has 1 aromatic rings. The maximum Gasteiger partial charge on any atom is 0.339 e. The molecule has 8 nitrogen and oxygen atoms in total. The number of sulfonamides is 1. The van der Waals surface area contributed by atoms with Crippen molar-refractivity contribution in [1.29, 1.82) is 0 Å². The Labute approximate surface area is 135 Å². The van der Waals surface area contributed by atoms with Crippen molar-refractivity contribution in [2.75, 3.05) is 25.9 Å². The molecule has 1 amide bonds. The standard InChI is InChI=1S/C14H22N2O6S/c1-4-11-10(14(18)19)9-12(22-11)13(17)15-7-6-8-16(3)23(20,21)5-2/h9H,4-8H2,1-3H3,(H,15,17)(H,18,19). The molecule has 0 radical (unpaired) electrons. The van der Waals surface area contributed by atoms with Gasteiger partial charge in [-0.05, 0) is 13.3 Å². The molecule has 0 saturated heterocycles. The van der Waals surface area contributed by atoms with Crippen molar-refractivity contribution in [2.24, 2.45) is 0 Å². The first kappa shape index (κ1) is 19.2. The molecule has 23 heavy (non-hydrogen) atoms. The Hall–Kier alpha value is -1.87. The Kier molecular flexibility index (Phi) is 6.77. The van der Waals surface area contributed by atoms with Crippen LogP contribution in [0.2, 0.25) is 0 Å². The summed E-state index contributed by atoms with van der Waals surface area (Å²) in [6, 6.07) is 1.20. The van der Waals surface area contributed by atoms with Crippen LogP contribution in [0.1, 0.15) is 46.9 Å². The van der Waals surface area contributed by atoms with E-state index in [1.54, 1.807) is 13.8 Å². The number of carbonyl (C=O) groups excluding carboxylic acids is 1. The summed E-state index contributed by atoms with van der Waals surface area (Å²) in [6.07, 6.45) is 0.809. The molecular weight excluding hydrogens is 324 g/mol. The van der Waals surface area contributed by atoms with Gasteiger partial charge in [0.1, 0.15) is 11.3 Å². The largest absolute Gasteiger partial charge is 0.478 e. The van der Waals surface area contributed by atoms with Crippen molar-refractivity contribution in [3.8, 4) is 0 Å². The minimum Gasteiger partial charge on any atom is -0.478 e. The highest BCUT2D eigenvalue weighted by Crippen LogP contribution is 2.16. The van der Waals surface area contributed by atoms with Crippen LogP contribution in [0.5, 0.6) is 0 Å². The smallest absolute Gasteiger partial charge is 0.339 e. The van der Waals surface area contributed by atoms with Crippen LogP contribution in [-0.4, -0.2) is 55.6 Å². The third-order valence-corrected chi connectivity index (χ3v) is 5.22. The molecule has 0 unspecified atom stereocenters. The lowest BCUT2D eigenvalue weighted by molar-refractivity contribution is 0.0694. The second-order valence-corrected chi connectivity index (χ2v) is 7.30. The van der Waals surface area contributed by atoms with Gasteiger partial charge in [-0.1, -0.05) is 6.92 Å². The van der Waals surface area contributed by atoms with Crippen LogP contribution in [0.3, 0.4) is 0 Å². The third kappa shape index (κ3) is 5.07. The fourth-order valence-electron chi connectivity index (χ4n) is 1.93. The molecule has 9 heteroatoms. The highest BCUT2D eigenvalue weighted by molar-refractivity contribution is 7.89. The fraction of sp³-hybridized carbons (Fsp3) is 0.571. The second-order valence-electron chi connectivity index (χ2n) is 4.94. The minimum absolute atomic E-state index is 0.0218. The number of nitrogens with one attached hydrogen (secondary N) is 1. The average molecular weight is 346 g/mol. The van der Waals surface area contributed by atoms with Crippen LogP contribution in [-0.2, 0) is 16.4 Å². The molecule has 0 atom stereocenters. The average Bonchev–Trinajstić information content (AvgIpc) is 2.95. The number of carboxylic acid groups (broad SMARTS) is 1. The predicted octanol–water partition coefficient (Wildman–Crippen LogP) is 0.942. The summed E-state index contributed by atoms with van der Waals surface area (Å²) in [6.45, 7) is 3.84. The van der Waals surface area contributed by atoms with Crippen LogP contribution in [0.15, 0.2) is 10.5 Å². The Bertz CT molecular complexity index is 665. The van der Waals surface area contributed by atoms with Gasteiger partial charge in [-0.3, -0.25) is 4.79 Å². The van der Waals surface area contributed by atoms with Gasteiger partial charge in [-0.15, -0.1) is 0 Å². The Morgan fingerprint density at radius 1 is 1.35 bits per heavy atom. The van der Waals surface area contributed by atoms with Crippen molar-refractivity contribution in [1.82, 2.24) is 9.62 Å². The van der Waals surface area contributed by atoms with E-state index in [9.17, 15) is 18.0 Å². The van der Waals surface area contributed by atoms with Gasteiger partial charge in [0, 0.05) is 32.6 Å². The number of carboxylic acids is 1. The van der Waals surface area contributed by atoms with Crippen LogP contribution >= 0.6 is 0 Å². The van der Waals surface area contributed by atoms with E-state index in [0.29, 0.717) is 12.8 Å². The molecule has 0 aliphatic carbocycles. The number of rotatable bonds is 9. The number of hydrogen-bond acceptors (Lipinski definition) is 5. The highest BCUT2D eigenvalue weighted by Gasteiger charge is 2.20. The molecule has 0 bridgehead atoms. The topological polar surface area (TPSA) is 117 Å².